The maximum Gasteiger partial charge on any atom is 0.573 e. The minimum atomic E-state index is -4.77. The SMILES string of the molecule is Cc1nc(-c2nc(-c3ccc(OC(F)(F)F)cc3)no2)nn1Cc1cccc(C(=O)NC(C)C)c1. The van der Waals surface area contributed by atoms with E-state index in [1.807, 2.05) is 19.9 Å². The number of carbonyl (C=O) groups is 1. The van der Waals surface area contributed by atoms with Crippen LogP contribution in [0.5, 0.6) is 5.75 Å². The summed E-state index contributed by atoms with van der Waals surface area (Å²) >= 11 is 0. The van der Waals surface area contributed by atoms with Gasteiger partial charge < -0.3 is 14.6 Å². The van der Waals surface area contributed by atoms with Gasteiger partial charge in [0.25, 0.3) is 11.8 Å². The van der Waals surface area contributed by atoms with Gasteiger partial charge in [0.15, 0.2) is 0 Å². The molecule has 0 unspecified atom stereocenters. The maximum absolute atomic E-state index is 12.3. The smallest absolute Gasteiger partial charge is 0.406 e. The van der Waals surface area contributed by atoms with Crippen LogP contribution in [-0.2, 0) is 6.54 Å². The first kappa shape index (κ1) is 23.9. The first-order chi connectivity index (χ1) is 16.6. The van der Waals surface area contributed by atoms with Gasteiger partial charge in [-0.1, -0.05) is 17.3 Å². The number of amides is 1. The van der Waals surface area contributed by atoms with Crippen molar-refractivity contribution in [1.29, 1.82) is 0 Å². The Kier molecular flexibility index (Phi) is 6.54. The predicted molar refractivity (Wildman–Crippen MR) is 118 cm³/mol. The molecule has 2 aromatic heterocycles. The normalized spacial score (nSPS) is 11.6. The molecule has 0 spiro atoms. The molecule has 9 nitrogen and oxygen atoms in total. The van der Waals surface area contributed by atoms with Crippen LogP contribution in [0, 0.1) is 6.92 Å². The highest BCUT2D eigenvalue weighted by Crippen LogP contribution is 2.26. The highest BCUT2D eigenvalue weighted by atomic mass is 19.4. The number of benzene rings is 2. The number of nitrogens with zero attached hydrogens (tertiary/aromatic N) is 5. The number of alkyl halides is 3. The Morgan fingerprint density at radius 1 is 1.11 bits per heavy atom. The second kappa shape index (κ2) is 9.57. The summed E-state index contributed by atoms with van der Waals surface area (Å²) in [6, 6.07) is 12.3. The van der Waals surface area contributed by atoms with Gasteiger partial charge >= 0.3 is 6.36 Å². The molecule has 0 saturated heterocycles. The number of carbonyl (C=O) groups excluding carboxylic acids is 1. The van der Waals surface area contributed by atoms with Crippen molar-refractivity contribution in [2.75, 3.05) is 0 Å². The molecular formula is C23H21F3N6O3. The first-order valence-electron chi connectivity index (χ1n) is 10.6. The van der Waals surface area contributed by atoms with Crippen molar-refractivity contribution in [2.24, 2.45) is 0 Å². The third-order valence-electron chi connectivity index (χ3n) is 4.76. The number of nitrogens with one attached hydrogen (secondary N) is 1. The van der Waals surface area contributed by atoms with Crippen LogP contribution in [0.4, 0.5) is 13.2 Å². The van der Waals surface area contributed by atoms with Crippen molar-refractivity contribution in [3.05, 3.63) is 65.5 Å². The van der Waals surface area contributed by atoms with Gasteiger partial charge in [0.2, 0.25) is 11.6 Å². The lowest BCUT2D eigenvalue weighted by molar-refractivity contribution is -0.274. The van der Waals surface area contributed by atoms with Crippen molar-refractivity contribution in [2.45, 2.75) is 39.7 Å². The number of ether oxygens (including phenoxy) is 1. The summed E-state index contributed by atoms with van der Waals surface area (Å²) in [5.74, 6) is 0.498. The molecule has 0 atom stereocenters. The quantitative estimate of drug-likeness (QED) is 0.413. The van der Waals surface area contributed by atoms with Crippen LogP contribution in [0.3, 0.4) is 0 Å². The van der Waals surface area contributed by atoms with Crippen LogP contribution in [0.15, 0.2) is 53.1 Å². The molecule has 1 amide bonds. The van der Waals surface area contributed by atoms with Gasteiger partial charge in [0.05, 0.1) is 6.54 Å². The first-order valence-corrected chi connectivity index (χ1v) is 10.6. The molecule has 182 valence electrons. The van der Waals surface area contributed by atoms with Gasteiger partial charge in [-0.3, -0.25) is 4.79 Å². The lowest BCUT2D eigenvalue weighted by Gasteiger charge is -2.09. The second-order valence-electron chi connectivity index (χ2n) is 7.96. The summed E-state index contributed by atoms with van der Waals surface area (Å²) in [4.78, 5) is 20.9. The van der Waals surface area contributed by atoms with Crippen LogP contribution in [0.1, 0.15) is 35.6 Å². The van der Waals surface area contributed by atoms with E-state index in [4.69, 9.17) is 4.52 Å². The Bertz CT molecular complexity index is 1330. The average molecular weight is 486 g/mol. The van der Waals surface area contributed by atoms with E-state index in [1.54, 1.807) is 29.8 Å². The fourth-order valence-electron chi connectivity index (χ4n) is 3.23. The Balaban J connectivity index is 1.49. The van der Waals surface area contributed by atoms with Crippen molar-refractivity contribution in [3.63, 3.8) is 0 Å². The fourth-order valence-corrected chi connectivity index (χ4v) is 3.23. The molecule has 0 aliphatic rings. The van der Waals surface area contributed by atoms with Crippen molar-refractivity contribution >= 4 is 5.91 Å². The molecule has 4 aromatic rings. The van der Waals surface area contributed by atoms with E-state index in [0.717, 1.165) is 17.7 Å². The lowest BCUT2D eigenvalue weighted by Crippen LogP contribution is -2.30. The van der Waals surface area contributed by atoms with Gasteiger partial charge in [-0.15, -0.1) is 18.3 Å². The molecule has 0 aliphatic heterocycles. The number of hydrogen-bond donors (Lipinski definition) is 1. The molecule has 0 bridgehead atoms. The summed E-state index contributed by atoms with van der Waals surface area (Å²) in [6.45, 7) is 5.91. The molecular weight excluding hydrogens is 465 g/mol. The number of halogens is 3. The minimum Gasteiger partial charge on any atom is -0.406 e. The molecule has 12 heteroatoms. The number of rotatable bonds is 7. The van der Waals surface area contributed by atoms with Gasteiger partial charge in [-0.2, -0.15) is 4.98 Å². The van der Waals surface area contributed by atoms with E-state index in [9.17, 15) is 18.0 Å². The van der Waals surface area contributed by atoms with Crippen LogP contribution in [0.2, 0.25) is 0 Å². The van der Waals surface area contributed by atoms with E-state index in [2.05, 4.69) is 30.3 Å². The molecule has 2 aromatic carbocycles. The monoisotopic (exact) mass is 486 g/mol. The molecule has 0 radical (unpaired) electrons. The van der Waals surface area contributed by atoms with Gasteiger partial charge in [0.1, 0.15) is 11.6 Å². The summed E-state index contributed by atoms with van der Waals surface area (Å²) in [6.07, 6.45) is -4.77. The van der Waals surface area contributed by atoms with Crippen LogP contribution < -0.4 is 10.1 Å². The van der Waals surface area contributed by atoms with E-state index < -0.39 is 6.36 Å². The van der Waals surface area contributed by atoms with Crippen LogP contribution in [0.25, 0.3) is 23.1 Å². The zero-order valence-corrected chi connectivity index (χ0v) is 19.0. The van der Waals surface area contributed by atoms with Crippen molar-refractivity contribution in [3.8, 4) is 28.9 Å². The van der Waals surface area contributed by atoms with Crippen molar-refractivity contribution < 1.29 is 27.2 Å². The largest absolute Gasteiger partial charge is 0.573 e. The number of aromatic nitrogens is 5. The lowest BCUT2D eigenvalue weighted by atomic mass is 10.1. The van der Waals surface area contributed by atoms with Gasteiger partial charge in [-0.05, 0) is 62.7 Å². The van der Waals surface area contributed by atoms with Crippen molar-refractivity contribution in [1.82, 2.24) is 30.2 Å². The molecule has 2 heterocycles. The molecule has 35 heavy (non-hydrogen) atoms. The summed E-state index contributed by atoms with van der Waals surface area (Å²) in [5, 5.41) is 11.1. The average Bonchev–Trinajstić information content (AvgIpc) is 3.40. The summed E-state index contributed by atoms with van der Waals surface area (Å²) in [5.41, 5.74) is 1.83. The third-order valence-corrected chi connectivity index (χ3v) is 4.76. The van der Waals surface area contributed by atoms with E-state index in [1.165, 1.54) is 12.1 Å². The zero-order chi connectivity index (χ0) is 25.2. The summed E-state index contributed by atoms with van der Waals surface area (Å²) in [7, 11) is 0. The van der Waals surface area contributed by atoms with Gasteiger partial charge in [-0.25, -0.2) is 9.67 Å². The number of hydrogen-bond acceptors (Lipinski definition) is 7. The van der Waals surface area contributed by atoms with E-state index >= 15 is 0 Å². The maximum atomic E-state index is 12.3. The molecule has 0 fully saturated rings. The fraction of sp³-hybridized carbons (Fsp3) is 0.261. The minimum absolute atomic E-state index is 0.0247. The molecule has 4 rings (SSSR count). The molecule has 0 saturated carbocycles. The third kappa shape index (κ3) is 6.02. The van der Waals surface area contributed by atoms with E-state index in [-0.39, 0.29) is 35.2 Å². The molecule has 1 N–H and O–H groups in total. The van der Waals surface area contributed by atoms with E-state index in [0.29, 0.717) is 23.5 Å². The zero-order valence-electron chi connectivity index (χ0n) is 19.0. The Morgan fingerprint density at radius 3 is 2.54 bits per heavy atom. The topological polar surface area (TPSA) is 108 Å². The van der Waals surface area contributed by atoms with Crippen LogP contribution >= 0.6 is 0 Å². The Labute approximate surface area is 197 Å². The standard InChI is InChI=1S/C23H21F3N6O3/c1-13(2)27-21(33)17-6-4-5-15(11-17)12-32-14(3)28-20(30-32)22-29-19(31-35-22)16-7-9-18(10-8-16)34-23(24,25)26/h4-11,13H,12H2,1-3H3,(H,27,33). The Hall–Kier alpha value is -4.22. The van der Waals surface area contributed by atoms with Crippen LogP contribution in [-0.4, -0.2) is 43.2 Å². The second-order valence-corrected chi connectivity index (χ2v) is 7.96. The van der Waals surface area contributed by atoms with Gasteiger partial charge in [0, 0.05) is 17.2 Å². The highest BCUT2D eigenvalue weighted by Gasteiger charge is 2.31. The highest BCUT2D eigenvalue weighted by molar-refractivity contribution is 5.94. The summed E-state index contributed by atoms with van der Waals surface area (Å²) < 4.78 is 47.8. The Morgan fingerprint density at radius 2 is 1.86 bits per heavy atom. The predicted octanol–water partition coefficient (Wildman–Crippen LogP) is 4.39. The number of aryl methyl sites for hydroxylation is 1. The molecule has 0 aliphatic carbocycles.